The Balaban J connectivity index is 2.43. The number of aromatic nitrogens is 1. The van der Waals surface area contributed by atoms with Gasteiger partial charge in [0.15, 0.2) is 0 Å². The van der Waals surface area contributed by atoms with Crippen LogP contribution in [0.4, 0.5) is 0 Å². The summed E-state index contributed by atoms with van der Waals surface area (Å²) in [6.07, 6.45) is 0. The lowest BCUT2D eigenvalue weighted by Gasteiger charge is -2.09. The average molecular weight is 303 g/mol. The third kappa shape index (κ3) is 2.69. The summed E-state index contributed by atoms with van der Waals surface area (Å²) in [5.74, 6) is 1.04. The zero-order valence-electron chi connectivity index (χ0n) is 10.1. The molecule has 0 aliphatic heterocycles. The third-order valence-electron chi connectivity index (χ3n) is 2.48. The fourth-order valence-electron chi connectivity index (χ4n) is 1.48. The molecular formula is C14H11BrN2O. The van der Waals surface area contributed by atoms with E-state index in [1.165, 1.54) is 0 Å². The number of nitriles is 1. The highest BCUT2D eigenvalue weighted by atomic mass is 79.9. The van der Waals surface area contributed by atoms with Crippen LogP contribution in [0.1, 0.15) is 16.8 Å². The topological polar surface area (TPSA) is 45.9 Å². The lowest BCUT2D eigenvalue weighted by molar-refractivity contribution is 0.456. The molecule has 0 radical (unpaired) electrons. The predicted octanol–water partition coefficient (Wildman–Crippen LogP) is 4.12. The first kappa shape index (κ1) is 12.6. The molecule has 0 bridgehead atoms. The smallest absolute Gasteiger partial charge is 0.237 e. The van der Waals surface area contributed by atoms with Crippen molar-refractivity contribution < 1.29 is 4.74 Å². The van der Waals surface area contributed by atoms with Crippen LogP contribution in [0.2, 0.25) is 0 Å². The maximum atomic E-state index is 9.03. The van der Waals surface area contributed by atoms with E-state index in [1.807, 2.05) is 32.0 Å². The predicted molar refractivity (Wildman–Crippen MR) is 72.6 cm³/mol. The number of nitrogens with zero attached hydrogens (tertiary/aromatic N) is 2. The maximum absolute atomic E-state index is 9.03. The van der Waals surface area contributed by atoms with Crippen LogP contribution in [-0.4, -0.2) is 4.98 Å². The van der Waals surface area contributed by atoms with Crippen LogP contribution in [0.3, 0.4) is 0 Å². The second-order valence-electron chi connectivity index (χ2n) is 3.93. The van der Waals surface area contributed by atoms with Crippen LogP contribution in [-0.2, 0) is 0 Å². The molecule has 0 atom stereocenters. The molecule has 1 aromatic heterocycles. The van der Waals surface area contributed by atoms with Crippen molar-refractivity contribution in [3.8, 4) is 17.7 Å². The van der Waals surface area contributed by atoms with Crippen molar-refractivity contribution >= 4 is 15.9 Å². The van der Waals surface area contributed by atoms with Gasteiger partial charge in [0.25, 0.3) is 0 Å². The molecule has 0 unspecified atom stereocenters. The van der Waals surface area contributed by atoms with E-state index < -0.39 is 0 Å². The Morgan fingerprint density at radius 3 is 2.72 bits per heavy atom. The largest absolute Gasteiger partial charge is 0.437 e. The molecule has 90 valence electrons. The molecule has 4 heteroatoms. The van der Waals surface area contributed by atoms with E-state index in [0.29, 0.717) is 17.2 Å². The number of ether oxygens (including phenoxy) is 1. The van der Waals surface area contributed by atoms with Gasteiger partial charge < -0.3 is 4.74 Å². The Hall–Kier alpha value is -1.86. The molecule has 0 aliphatic rings. The molecule has 2 rings (SSSR count). The van der Waals surface area contributed by atoms with Crippen LogP contribution in [0.25, 0.3) is 0 Å². The molecule has 0 saturated heterocycles. The molecular weight excluding hydrogens is 292 g/mol. The number of hydrogen-bond donors (Lipinski definition) is 0. The van der Waals surface area contributed by atoms with E-state index in [4.69, 9.17) is 10.00 Å². The third-order valence-corrected chi connectivity index (χ3v) is 2.97. The Bertz CT molecular complexity index is 632. The van der Waals surface area contributed by atoms with E-state index in [9.17, 15) is 0 Å². The van der Waals surface area contributed by atoms with Crippen molar-refractivity contribution in [1.82, 2.24) is 4.98 Å². The number of hydrogen-bond acceptors (Lipinski definition) is 3. The Kier molecular flexibility index (Phi) is 3.63. The van der Waals surface area contributed by atoms with Gasteiger partial charge in [0, 0.05) is 10.2 Å². The van der Waals surface area contributed by atoms with Crippen LogP contribution < -0.4 is 4.74 Å². The van der Waals surface area contributed by atoms with Crippen molar-refractivity contribution in [1.29, 1.82) is 5.26 Å². The fourth-order valence-corrected chi connectivity index (χ4v) is 1.82. The molecule has 0 amide bonds. The summed E-state index contributed by atoms with van der Waals surface area (Å²) in [7, 11) is 0. The summed E-state index contributed by atoms with van der Waals surface area (Å²) in [5, 5.41) is 9.03. The fraction of sp³-hybridized carbons (Fsp3) is 0.143. The zero-order valence-corrected chi connectivity index (χ0v) is 11.7. The van der Waals surface area contributed by atoms with Crippen molar-refractivity contribution in [2.45, 2.75) is 13.8 Å². The number of halogens is 1. The highest BCUT2D eigenvalue weighted by Crippen LogP contribution is 2.28. The van der Waals surface area contributed by atoms with Crippen LogP contribution in [0.5, 0.6) is 11.6 Å². The highest BCUT2D eigenvalue weighted by Gasteiger charge is 2.09. The van der Waals surface area contributed by atoms with Gasteiger partial charge in [0.05, 0.1) is 0 Å². The second-order valence-corrected chi connectivity index (χ2v) is 4.84. The summed E-state index contributed by atoms with van der Waals surface area (Å²) < 4.78 is 6.65. The molecule has 18 heavy (non-hydrogen) atoms. The number of benzene rings is 1. The minimum atomic E-state index is 0.346. The van der Waals surface area contributed by atoms with E-state index >= 15 is 0 Å². The standard InChI is InChI=1S/C14H11BrN2O/c1-9-3-6-12(15)7-13(9)18-14-11(8-16)5-4-10(2)17-14/h3-7H,1-2H3. The average Bonchev–Trinajstić information content (AvgIpc) is 2.34. The lowest BCUT2D eigenvalue weighted by Crippen LogP contribution is -1.95. The van der Waals surface area contributed by atoms with E-state index in [2.05, 4.69) is 27.0 Å². The molecule has 1 heterocycles. The van der Waals surface area contributed by atoms with Gasteiger partial charge in [-0.2, -0.15) is 5.26 Å². The van der Waals surface area contributed by atoms with E-state index in [0.717, 1.165) is 15.7 Å². The molecule has 0 N–H and O–H groups in total. The SMILES string of the molecule is Cc1ccc(C#N)c(Oc2cc(Br)ccc2C)n1. The first-order valence-corrected chi connectivity index (χ1v) is 6.21. The first-order chi connectivity index (χ1) is 8.60. The number of aryl methyl sites for hydroxylation is 2. The Labute approximate surface area is 114 Å². The van der Waals surface area contributed by atoms with Gasteiger partial charge in [-0.05, 0) is 43.7 Å². The van der Waals surface area contributed by atoms with Gasteiger partial charge in [-0.3, -0.25) is 0 Å². The molecule has 0 saturated carbocycles. The zero-order chi connectivity index (χ0) is 13.1. The monoisotopic (exact) mass is 302 g/mol. The minimum absolute atomic E-state index is 0.346. The van der Waals surface area contributed by atoms with Crippen molar-refractivity contribution in [3.63, 3.8) is 0 Å². The summed E-state index contributed by atoms with van der Waals surface area (Å²) in [4.78, 5) is 4.25. The van der Waals surface area contributed by atoms with Crippen LogP contribution in [0.15, 0.2) is 34.8 Å². The quantitative estimate of drug-likeness (QED) is 0.838. The summed E-state index contributed by atoms with van der Waals surface area (Å²) in [5.41, 5.74) is 2.24. The van der Waals surface area contributed by atoms with Gasteiger partial charge in [-0.1, -0.05) is 22.0 Å². The Morgan fingerprint density at radius 1 is 1.22 bits per heavy atom. The summed E-state index contributed by atoms with van der Waals surface area (Å²) in [6.45, 7) is 3.81. The molecule has 3 nitrogen and oxygen atoms in total. The summed E-state index contributed by atoms with van der Waals surface area (Å²) >= 11 is 3.39. The van der Waals surface area contributed by atoms with Crippen molar-refractivity contribution in [3.05, 3.63) is 51.6 Å². The highest BCUT2D eigenvalue weighted by molar-refractivity contribution is 9.10. The first-order valence-electron chi connectivity index (χ1n) is 5.42. The Morgan fingerprint density at radius 2 is 2.00 bits per heavy atom. The number of pyridine rings is 1. The minimum Gasteiger partial charge on any atom is -0.437 e. The van der Waals surface area contributed by atoms with Crippen molar-refractivity contribution in [2.75, 3.05) is 0 Å². The molecule has 0 aliphatic carbocycles. The van der Waals surface area contributed by atoms with Gasteiger partial charge in [0.1, 0.15) is 17.4 Å². The molecule has 2 aromatic rings. The lowest BCUT2D eigenvalue weighted by atomic mass is 10.2. The molecule has 0 spiro atoms. The van der Waals surface area contributed by atoms with Crippen LogP contribution >= 0.6 is 15.9 Å². The van der Waals surface area contributed by atoms with Gasteiger partial charge >= 0.3 is 0 Å². The van der Waals surface area contributed by atoms with Crippen molar-refractivity contribution in [2.24, 2.45) is 0 Å². The van der Waals surface area contributed by atoms with Gasteiger partial charge in [-0.15, -0.1) is 0 Å². The van der Waals surface area contributed by atoms with E-state index in [-0.39, 0.29) is 0 Å². The van der Waals surface area contributed by atoms with Gasteiger partial charge in [-0.25, -0.2) is 4.98 Å². The molecule has 0 fully saturated rings. The summed E-state index contributed by atoms with van der Waals surface area (Å²) in [6, 6.07) is 11.3. The second kappa shape index (κ2) is 5.19. The van der Waals surface area contributed by atoms with Gasteiger partial charge in [0.2, 0.25) is 5.88 Å². The maximum Gasteiger partial charge on any atom is 0.237 e. The van der Waals surface area contributed by atoms with E-state index in [1.54, 1.807) is 12.1 Å². The van der Waals surface area contributed by atoms with Crippen LogP contribution in [0, 0.1) is 25.2 Å². The molecule has 1 aromatic carbocycles. The number of rotatable bonds is 2. The normalized spacial score (nSPS) is 9.89.